The van der Waals surface area contributed by atoms with Crippen molar-refractivity contribution in [3.63, 3.8) is 0 Å². The summed E-state index contributed by atoms with van der Waals surface area (Å²) in [5.74, 6) is 2.20. The first-order valence-corrected chi connectivity index (χ1v) is 8.14. The number of hydrogen-bond acceptors (Lipinski definition) is 4. The van der Waals surface area contributed by atoms with E-state index in [1.54, 1.807) is 0 Å². The van der Waals surface area contributed by atoms with Crippen molar-refractivity contribution < 1.29 is 9.32 Å². The lowest BCUT2D eigenvalue weighted by Gasteiger charge is -2.32. The van der Waals surface area contributed by atoms with Crippen LogP contribution < -0.4 is 5.73 Å². The van der Waals surface area contributed by atoms with Crippen LogP contribution in [0.5, 0.6) is 0 Å². The van der Waals surface area contributed by atoms with Gasteiger partial charge in [-0.25, -0.2) is 0 Å². The van der Waals surface area contributed by atoms with Gasteiger partial charge in [0.1, 0.15) is 0 Å². The number of nitrogens with two attached hydrogens (primary N) is 1. The van der Waals surface area contributed by atoms with Gasteiger partial charge in [-0.2, -0.15) is 0 Å². The van der Waals surface area contributed by atoms with Crippen molar-refractivity contribution in [3.8, 4) is 0 Å². The Kier molecular flexibility index (Phi) is 3.06. The maximum absolute atomic E-state index is 13.0. The van der Waals surface area contributed by atoms with E-state index in [1.807, 2.05) is 17.9 Å². The molecule has 0 spiro atoms. The number of amides is 1. The first-order valence-electron chi connectivity index (χ1n) is 8.14. The Labute approximate surface area is 124 Å². The van der Waals surface area contributed by atoms with Crippen molar-refractivity contribution in [1.82, 2.24) is 10.1 Å². The van der Waals surface area contributed by atoms with Gasteiger partial charge >= 0.3 is 0 Å². The third kappa shape index (κ3) is 2.01. The Balaban J connectivity index is 1.56. The van der Waals surface area contributed by atoms with Crippen molar-refractivity contribution in [1.29, 1.82) is 0 Å². The number of likely N-dealkylation sites (tertiary alicyclic amines) is 1. The molecule has 1 saturated heterocycles. The summed E-state index contributed by atoms with van der Waals surface area (Å²) in [6.07, 6.45) is 5.54. The van der Waals surface area contributed by atoms with Gasteiger partial charge in [-0.3, -0.25) is 4.79 Å². The number of aromatic nitrogens is 1. The summed E-state index contributed by atoms with van der Waals surface area (Å²) in [6, 6.07) is 2.08. The highest BCUT2D eigenvalue weighted by Gasteiger charge is 2.51. The van der Waals surface area contributed by atoms with Crippen LogP contribution in [0.15, 0.2) is 10.6 Å². The summed E-state index contributed by atoms with van der Waals surface area (Å²) in [7, 11) is 0. The Morgan fingerprint density at radius 1 is 1.38 bits per heavy atom. The molecule has 1 aromatic heterocycles. The number of aryl methyl sites for hydroxylation is 1. The standard InChI is InChI=1S/C16H23N3O2/c1-9-7-13(21-18-9)12-3-2-6-19(12)16(20)14-10-4-5-11(8-10)15(14)17/h7,10-12,14-15H,2-6,8,17H2,1H3. The van der Waals surface area contributed by atoms with E-state index in [1.165, 1.54) is 12.8 Å². The fourth-order valence-electron chi connectivity index (χ4n) is 4.76. The average molecular weight is 289 g/mol. The van der Waals surface area contributed by atoms with E-state index in [2.05, 4.69) is 5.16 Å². The maximum atomic E-state index is 13.0. The molecule has 2 heterocycles. The van der Waals surface area contributed by atoms with Gasteiger partial charge in [-0.15, -0.1) is 0 Å². The highest BCUT2D eigenvalue weighted by molar-refractivity contribution is 5.81. The average Bonchev–Trinajstić information content (AvgIpc) is 3.21. The second-order valence-electron chi connectivity index (χ2n) is 7.00. The van der Waals surface area contributed by atoms with Crippen LogP contribution in [-0.4, -0.2) is 28.6 Å². The van der Waals surface area contributed by atoms with Crippen LogP contribution in [-0.2, 0) is 4.79 Å². The summed E-state index contributed by atoms with van der Waals surface area (Å²) in [5, 5.41) is 3.97. The summed E-state index contributed by atoms with van der Waals surface area (Å²) < 4.78 is 5.40. The van der Waals surface area contributed by atoms with E-state index in [0.717, 1.165) is 37.3 Å². The quantitative estimate of drug-likeness (QED) is 0.904. The molecule has 5 unspecified atom stereocenters. The van der Waals surface area contributed by atoms with Gasteiger partial charge in [-0.05, 0) is 50.9 Å². The Morgan fingerprint density at radius 3 is 2.86 bits per heavy atom. The first-order chi connectivity index (χ1) is 10.1. The Bertz CT molecular complexity index is 553. The molecule has 3 fully saturated rings. The van der Waals surface area contributed by atoms with E-state index in [9.17, 15) is 4.79 Å². The predicted octanol–water partition coefficient (Wildman–Crippen LogP) is 2.02. The second-order valence-corrected chi connectivity index (χ2v) is 7.00. The number of carbonyl (C=O) groups is 1. The van der Waals surface area contributed by atoms with Gasteiger partial charge in [-0.1, -0.05) is 5.16 Å². The molecule has 3 aliphatic rings. The van der Waals surface area contributed by atoms with Crippen molar-refractivity contribution in [2.45, 2.75) is 51.1 Å². The van der Waals surface area contributed by atoms with Crippen LogP contribution in [0, 0.1) is 24.7 Å². The fourth-order valence-corrected chi connectivity index (χ4v) is 4.76. The molecular formula is C16H23N3O2. The zero-order valence-electron chi connectivity index (χ0n) is 12.5. The normalized spacial score (nSPS) is 38.4. The van der Waals surface area contributed by atoms with E-state index < -0.39 is 0 Å². The SMILES string of the molecule is Cc1cc(C2CCCN2C(=O)C2C3CCC(C3)C2N)on1. The molecule has 2 bridgehead atoms. The highest BCUT2D eigenvalue weighted by atomic mass is 16.5. The molecule has 2 aliphatic carbocycles. The molecule has 114 valence electrons. The van der Waals surface area contributed by atoms with E-state index in [4.69, 9.17) is 10.3 Å². The molecule has 21 heavy (non-hydrogen) atoms. The molecular weight excluding hydrogens is 266 g/mol. The molecule has 2 saturated carbocycles. The summed E-state index contributed by atoms with van der Waals surface area (Å²) in [6.45, 7) is 2.74. The van der Waals surface area contributed by atoms with Crippen LogP contribution >= 0.6 is 0 Å². The molecule has 2 N–H and O–H groups in total. The van der Waals surface area contributed by atoms with Crippen LogP contribution in [0.1, 0.15) is 49.6 Å². The number of fused-ring (bicyclic) bond motifs is 2. The minimum Gasteiger partial charge on any atom is -0.359 e. The maximum Gasteiger partial charge on any atom is 0.228 e. The third-order valence-electron chi connectivity index (χ3n) is 5.78. The van der Waals surface area contributed by atoms with E-state index in [-0.39, 0.29) is 23.9 Å². The van der Waals surface area contributed by atoms with Gasteiger partial charge in [0.15, 0.2) is 5.76 Å². The molecule has 5 atom stereocenters. The number of nitrogens with zero attached hydrogens (tertiary/aromatic N) is 2. The van der Waals surface area contributed by atoms with Gasteiger partial charge < -0.3 is 15.2 Å². The summed E-state index contributed by atoms with van der Waals surface area (Å²) in [4.78, 5) is 15.0. The lowest BCUT2D eigenvalue weighted by Crippen LogP contribution is -2.46. The van der Waals surface area contributed by atoms with E-state index in [0.29, 0.717) is 11.8 Å². The van der Waals surface area contributed by atoms with Crippen molar-refractivity contribution in [2.75, 3.05) is 6.54 Å². The molecule has 0 radical (unpaired) electrons. The van der Waals surface area contributed by atoms with Crippen LogP contribution in [0.3, 0.4) is 0 Å². The minimum absolute atomic E-state index is 0.0355. The molecule has 5 heteroatoms. The number of hydrogen-bond donors (Lipinski definition) is 1. The lowest BCUT2D eigenvalue weighted by molar-refractivity contribution is -0.139. The molecule has 0 aromatic carbocycles. The first kappa shape index (κ1) is 13.3. The van der Waals surface area contributed by atoms with Gasteiger partial charge in [0.25, 0.3) is 0 Å². The fraction of sp³-hybridized carbons (Fsp3) is 0.750. The molecule has 4 rings (SSSR count). The topological polar surface area (TPSA) is 72.4 Å². The van der Waals surface area contributed by atoms with Crippen LogP contribution in [0.4, 0.5) is 0 Å². The third-order valence-corrected chi connectivity index (χ3v) is 5.78. The molecule has 5 nitrogen and oxygen atoms in total. The predicted molar refractivity (Wildman–Crippen MR) is 77.2 cm³/mol. The monoisotopic (exact) mass is 289 g/mol. The number of rotatable bonds is 2. The highest BCUT2D eigenvalue weighted by Crippen LogP contribution is 2.49. The van der Waals surface area contributed by atoms with Crippen molar-refractivity contribution >= 4 is 5.91 Å². The largest absolute Gasteiger partial charge is 0.359 e. The molecule has 1 amide bonds. The molecule has 1 aliphatic heterocycles. The molecule has 1 aromatic rings. The minimum atomic E-state index is 0.0355. The van der Waals surface area contributed by atoms with Gasteiger partial charge in [0.05, 0.1) is 17.7 Å². The van der Waals surface area contributed by atoms with Crippen LogP contribution in [0.2, 0.25) is 0 Å². The zero-order valence-corrected chi connectivity index (χ0v) is 12.5. The van der Waals surface area contributed by atoms with Crippen molar-refractivity contribution in [3.05, 3.63) is 17.5 Å². The second kappa shape index (κ2) is 4.83. The summed E-state index contributed by atoms with van der Waals surface area (Å²) in [5.41, 5.74) is 7.21. The van der Waals surface area contributed by atoms with Gasteiger partial charge in [0.2, 0.25) is 5.91 Å². The zero-order chi connectivity index (χ0) is 14.6. The Morgan fingerprint density at radius 2 is 2.19 bits per heavy atom. The smallest absolute Gasteiger partial charge is 0.228 e. The number of carbonyl (C=O) groups excluding carboxylic acids is 1. The van der Waals surface area contributed by atoms with Gasteiger partial charge in [0, 0.05) is 18.7 Å². The van der Waals surface area contributed by atoms with Crippen molar-refractivity contribution in [2.24, 2.45) is 23.5 Å². The summed E-state index contributed by atoms with van der Waals surface area (Å²) >= 11 is 0. The lowest BCUT2D eigenvalue weighted by atomic mass is 9.84. The Hall–Kier alpha value is -1.36. The van der Waals surface area contributed by atoms with E-state index >= 15 is 0 Å². The van der Waals surface area contributed by atoms with Crippen LogP contribution in [0.25, 0.3) is 0 Å².